The number of aliphatic hydroxyl groups excluding tert-OH is 2. The van der Waals surface area contributed by atoms with E-state index in [4.69, 9.17) is 9.84 Å². The van der Waals surface area contributed by atoms with Gasteiger partial charge in [-0.15, -0.1) is 0 Å². The average Bonchev–Trinajstić information content (AvgIpc) is 2.38. The lowest BCUT2D eigenvalue weighted by Gasteiger charge is -2.27. The third kappa shape index (κ3) is 7.09. The van der Waals surface area contributed by atoms with Gasteiger partial charge in [0.15, 0.2) is 0 Å². The Morgan fingerprint density at radius 1 is 1.26 bits per heavy atom. The van der Waals surface area contributed by atoms with Crippen molar-refractivity contribution in [1.82, 2.24) is 10.6 Å². The van der Waals surface area contributed by atoms with Gasteiger partial charge >= 0.3 is 0 Å². The summed E-state index contributed by atoms with van der Waals surface area (Å²) in [6.45, 7) is 3.84. The summed E-state index contributed by atoms with van der Waals surface area (Å²) in [5.74, 6) is -0.794. The van der Waals surface area contributed by atoms with Crippen molar-refractivity contribution in [3.8, 4) is 0 Å². The number of ether oxygens (including phenoxy) is 1. The molecule has 0 aliphatic carbocycles. The van der Waals surface area contributed by atoms with Gasteiger partial charge in [-0.2, -0.15) is 0 Å². The normalized spacial score (nSPS) is 12.9. The highest BCUT2D eigenvalue weighted by Crippen LogP contribution is 2.19. The van der Waals surface area contributed by atoms with Crippen molar-refractivity contribution in [2.45, 2.75) is 26.4 Å². The second-order valence-corrected chi connectivity index (χ2v) is 4.93. The monoisotopic (exact) mass is 276 g/mol. The Morgan fingerprint density at radius 3 is 2.42 bits per heavy atom. The summed E-state index contributed by atoms with van der Waals surface area (Å²) in [5, 5.41) is 23.8. The Morgan fingerprint density at radius 2 is 1.89 bits per heavy atom. The largest absolute Gasteiger partial charge is 0.396 e. The first-order chi connectivity index (χ1) is 8.85. The van der Waals surface area contributed by atoms with Crippen LogP contribution >= 0.6 is 0 Å². The molecule has 0 aromatic heterocycles. The van der Waals surface area contributed by atoms with E-state index in [2.05, 4.69) is 10.6 Å². The quantitative estimate of drug-likeness (QED) is 0.389. The van der Waals surface area contributed by atoms with Crippen LogP contribution < -0.4 is 10.6 Å². The molecule has 0 saturated heterocycles. The van der Waals surface area contributed by atoms with Crippen molar-refractivity contribution in [2.75, 3.05) is 33.4 Å². The molecular formula is C12H24N2O5. The molecule has 7 heteroatoms. The maximum absolute atomic E-state index is 11.6. The van der Waals surface area contributed by atoms with Crippen molar-refractivity contribution in [3.05, 3.63) is 0 Å². The van der Waals surface area contributed by atoms with Gasteiger partial charge in [-0.1, -0.05) is 13.8 Å². The highest BCUT2D eigenvalue weighted by molar-refractivity contribution is 5.82. The van der Waals surface area contributed by atoms with Crippen LogP contribution in [0.4, 0.5) is 0 Å². The van der Waals surface area contributed by atoms with Gasteiger partial charge in [0.2, 0.25) is 11.8 Å². The van der Waals surface area contributed by atoms with Crippen molar-refractivity contribution in [2.24, 2.45) is 5.41 Å². The van der Waals surface area contributed by atoms with Crippen LogP contribution in [0.15, 0.2) is 0 Å². The van der Waals surface area contributed by atoms with Crippen LogP contribution in [0, 0.1) is 5.41 Å². The third-order valence-corrected chi connectivity index (χ3v) is 2.68. The molecule has 0 fully saturated rings. The first kappa shape index (κ1) is 17.8. The average molecular weight is 276 g/mol. The Kier molecular flexibility index (Phi) is 8.29. The zero-order valence-electron chi connectivity index (χ0n) is 11.7. The molecule has 0 aliphatic heterocycles. The van der Waals surface area contributed by atoms with Crippen molar-refractivity contribution in [3.63, 3.8) is 0 Å². The standard InChI is InChI=1S/C12H24N2O5/c1-12(2,8-15)10(17)11(18)14-5-4-9(16)13-6-7-19-3/h10,15,17H,4-8H2,1-3H3,(H,13,16)(H,14,18)/t10-/m0/s1. The molecule has 2 amide bonds. The van der Waals surface area contributed by atoms with Crippen LogP contribution in [0.1, 0.15) is 20.3 Å². The van der Waals surface area contributed by atoms with Gasteiger partial charge in [0, 0.05) is 32.0 Å². The van der Waals surface area contributed by atoms with Gasteiger partial charge in [-0.3, -0.25) is 9.59 Å². The van der Waals surface area contributed by atoms with Crippen molar-refractivity contribution >= 4 is 11.8 Å². The molecule has 112 valence electrons. The number of carbonyl (C=O) groups is 2. The molecule has 0 spiro atoms. The fourth-order valence-electron chi connectivity index (χ4n) is 1.22. The van der Waals surface area contributed by atoms with Gasteiger partial charge < -0.3 is 25.6 Å². The van der Waals surface area contributed by atoms with Crippen molar-refractivity contribution in [1.29, 1.82) is 0 Å². The molecular weight excluding hydrogens is 252 g/mol. The summed E-state index contributed by atoms with van der Waals surface area (Å²) in [7, 11) is 1.54. The lowest BCUT2D eigenvalue weighted by molar-refractivity contribution is -0.137. The molecule has 0 rings (SSSR count). The van der Waals surface area contributed by atoms with E-state index in [-0.39, 0.29) is 25.5 Å². The predicted molar refractivity (Wildman–Crippen MR) is 69.4 cm³/mol. The summed E-state index contributed by atoms with van der Waals surface area (Å²) < 4.78 is 4.77. The fraction of sp³-hybridized carbons (Fsp3) is 0.833. The minimum atomic E-state index is -1.31. The smallest absolute Gasteiger partial charge is 0.249 e. The molecule has 1 atom stereocenters. The molecule has 0 aromatic rings. The topological polar surface area (TPSA) is 108 Å². The molecule has 0 radical (unpaired) electrons. The minimum absolute atomic E-state index is 0.127. The summed E-state index contributed by atoms with van der Waals surface area (Å²) in [6, 6.07) is 0. The van der Waals surface area contributed by atoms with Crippen molar-refractivity contribution < 1.29 is 24.5 Å². The van der Waals surface area contributed by atoms with E-state index in [0.29, 0.717) is 13.2 Å². The number of amides is 2. The SMILES string of the molecule is COCCNC(=O)CCNC(=O)[C@H](O)C(C)(C)CO. The number of hydrogen-bond donors (Lipinski definition) is 4. The molecule has 0 aromatic carbocycles. The van der Waals surface area contributed by atoms with E-state index in [1.807, 2.05) is 0 Å². The summed E-state index contributed by atoms with van der Waals surface area (Å²) >= 11 is 0. The molecule has 0 saturated carbocycles. The number of hydrogen-bond acceptors (Lipinski definition) is 5. The van der Waals surface area contributed by atoms with E-state index < -0.39 is 17.4 Å². The summed E-state index contributed by atoms with van der Waals surface area (Å²) in [6.07, 6.45) is -1.18. The Bertz CT molecular complexity index is 294. The highest BCUT2D eigenvalue weighted by Gasteiger charge is 2.32. The second kappa shape index (κ2) is 8.84. The number of methoxy groups -OCH3 is 1. The third-order valence-electron chi connectivity index (χ3n) is 2.68. The van der Waals surface area contributed by atoms with Gasteiger partial charge in [0.05, 0.1) is 13.2 Å². The zero-order valence-corrected chi connectivity index (χ0v) is 11.7. The number of nitrogens with one attached hydrogen (secondary N) is 2. The predicted octanol–water partition coefficient (Wildman–Crippen LogP) is -1.37. The van der Waals surface area contributed by atoms with Crippen LogP contribution in [0.5, 0.6) is 0 Å². The Balaban J connectivity index is 3.88. The molecule has 0 unspecified atom stereocenters. The van der Waals surface area contributed by atoms with E-state index in [1.165, 1.54) is 7.11 Å². The summed E-state index contributed by atoms with van der Waals surface area (Å²) in [5.41, 5.74) is -0.912. The van der Waals surface area contributed by atoms with Crippen LogP contribution in [-0.2, 0) is 14.3 Å². The van der Waals surface area contributed by atoms with Gasteiger partial charge in [0.25, 0.3) is 0 Å². The van der Waals surface area contributed by atoms with E-state index in [1.54, 1.807) is 13.8 Å². The number of aliphatic hydroxyl groups is 2. The summed E-state index contributed by atoms with van der Waals surface area (Å²) in [4.78, 5) is 22.9. The number of rotatable bonds is 9. The first-order valence-electron chi connectivity index (χ1n) is 6.17. The first-order valence-corrected chi connectivity index (χ1v) is 6.17. The maximum atomic E-state index is 11.6. The van der Waals surface area contributed by atoms with E-state index in [0.717, 1.165) is 0 Å². The fourth-order valence-corrected chi connectivity index (χ4v) is 1.22. The second-order valence-electron chi connectivity index (χ2n) is 4.93. The molecule has 7 nitrogen and oxygen atoms in total. The number of carbonyl (C=O) groups excluding carboxylic acids is 2. The lowest BCUT2D eigenvalue weighted by atomic mass is 9.87. The van der Waals surface area contributed by atoms with Crippen LogP contribution in [0.3, 0.4) is 0 Å². The van der Waals surface area contributed by atoms with Gasteiger partial charge in [-0.05, 0) is 0 Å². The molecule has 0 aliphatic rings. The maximum Gasteiger partial charge on any atom is 0.249 e. The van der Waals surface area contributed by atoms with Crippen LogP contribution in [0.25, 0.3) is 0 Å². The minimum Gasteiger partial charge on any atom is -0.396 e. The molecule has 4 N–H and O–H groups in total. The molecule has 19 heavy (non-hydrogen) atoms. The van der Waals surface area contributed by atoms with Gasteiger partial charge in [-0.25, -0.2) is 0 Å². The van der Waals surface area contributed by atoms with E-state index >= 15 is 0 Å². The van der Waals surface area contributed by atoms with E-state index in [9.17, 15) is 14.7 Å². The lowest BCUT2D eigenvalue weighted by Crippen LogP contribution is -2.46. The van der Waals surface area contributed by atoms with Gasteiger partial charge in [0.1, 0.15) is 6.10 Å². The Labute approximate surface area is 113 Å². The molecule has 0 bridgehead atoms. The van der Waals surface area contributed by atoms with Crippen LogP contribution in [-0.4, -0.2) is 61.5 Å². The van der Waals surface area contributed by atoms with Crippen LogP contribution in [0.2, 0.25) is 0 Å². The molecule has 0 heterocycles. The zero-order chi connectivity index (χ0) is 14.9. The Hall–Kier alpha value is -1.18. The highest BCUT2D eigenvalue weighted by atomic mass is 16.5.